The summed E-state index contributed by atoms with van der Waals surface area (Å²) >= 11 is 3.35. The van der Waals surface area contributed by atoms with Gasteiger partial charge in [-0.1, -0.05) is 34.8 Å². The molecule has 0 atom stereocenters. The number of carbonyl (C=O) groups is 3. The van der Waals surface area contributed by atoms with Crippen molar-refractivity contribution in [3.63, 3.8) is 0 Å². The summed E-state index contributed by atoms with van der Waals surface area (Å²) in [6.45, 7) is 4.06. The van der Waals surface area contributed by atoms with Crippen molar-refractivity contribution in [2.24, 2.45) is 0 Å². The summed E-state index contributed by atoms with van der Waals surface area (Å²) in [6.07, 6.45) is 6.35. The highest BCUT2D eigenvalue weighted by atomic mass is 79.9. The van der Waals surface area contributed by atoms with Gasteiger partial charge in [-0.2, -0.15) is 0 Å². The lowest BCUT2D eigenvalue weighted by Crippen LogP contribution is -2.54. The van der Waals surface area contributed by atoms with Crippen LogP contribution in [0, 0.1) is 13.8 Å². The number of anilines is 1. The van der Waals surface area contributed by atoms with E-state index in [4.69, 9.17) is 0 Å². The molecule has 1 aliphatic carbocycles. The van der Waals surface area contributed by atoms with Crippen molar-refractivity contribution in [3.05, 3.63) is 57.3 Å². The van der Waals surface area contributed by atoms with Gasteiger partial charge in [0.25, 0.3) is 11.8 Å². The highest BCUT2D eigenvalue weighted by Crippen LogP contribution is 2.34. The van der Waals surface area contributed by atoms with Crippen LogP contribution >= 0.6 is 15.9 Å². The van der Waals surface area contributed by atoms with Gasteiger partial charge in [0.1, 0.15) is 5.57 Å². The van der Waals surface area contributed by atoms with Crippen LogP contribution in [0.4, 0.5) is 10.5 Å². The SMILES string of the molecule is Cc1cc(/C=C2\C(=O)NC(=O)N(c3cccc(Br)c3)C2=O)c(C)n1C1CCCC1. The number of imide groups is 2. The number of halogens is 1. The second kappa shape index (κ2) is 7.63. The molecule has 7 heteroatoms. The second-order valence-electron chi connectivity index (χ2n) is 7.57. The average Bonchev–Trinajstić information content (AvgIpc) is 3.26. The van der Waals surface area contributed by atoms with Gasteiger partial charge in [-0.3, -0.25) is 14.9 Å². The Bertz CT molecular complexity index is 1050. The first-order valence-electron chi connectivity index (χ1n) is 9.72. The largest absolute Gasteiger partial charge is 0.346 e. The number of aromatic nitrogens is 1. The van der Waals surface area contributed by atoms with E-state index in [1.165, 1.54) is 12.8 Å². The van der Waals surface area contributed by atoms with Crippen molar-refractivity contribution in [1.82, 2.24) is 9.88 Å². The Kier molecular flexibility index (Phi) is 5.17. The van der Waals surface area contributed by atoms with E-state index in [0.717, 1.165) is 39.2 Å². The van der Waals surface area contributed by atoms with E-state index in [-0.39, 0.29) is 5.57 Å². The first-order valence-corrected chi connectivity index (χ1v) is 10.5. The zero-order valence-corrected chi connectivity index (χ0v) is 18.0. The number of benzene rings is 1. The Hall–Kier alpha value is -2.67. The normalized spacial score (nSPS) is 19.3. The minimum atomic E-state index is -0.744. The second-order valence-corrected chi connectivity index (χ2v) is 8.49. The molecule has 1 aliphatic heterocycles. The Morgan fingerprint density at radius 2 is 1.83 bits per heavy atom. The van der Waals surface area contributed by atoms with Gasteiger partial charge >= 0.3 is 6.03 Å². The van der Waals surface area contributed by atoms with Crippen LogP contribution in [-0.2, 0) is 9.59 Å². The molecule has 2 aliphatic rings. The van der Waals surface area contributed by atoms with E-state index >= 15 is 0 Å². The molecular formula is C22H22BrN3O3. The molecule has 6 nitrogen and oxygen atoms in total. The van der Waals surface area contributed by atoms with Gasteiger partial charge in [-0.15, -0.1) is 0 Å². The third-order valence-electron chi connectivity index (χ3n) is 5.68. The molecule has 0 unspecified atom stereocenters. The summed E-state index contributed by atoms with van der Waals surface area (Å²) in [6, 6.07) is 8.58. The van der Waals surface area contributed by atoms with Crippen LogP contribution in [0.15, 0.2) is 40.4 Å². The van der Waals surface area contributed by atoms with Gasteiger partial charge in [0.2, 0.25) is 0 Å². The van der Waals surface area contributed by atoms with Crippen LogP contribution in [0.25, 0.3) is 6.08 Å². The number of nitrogens with one attached hydrogen (secondary N) is 1. The average molecular weight is 456 g/mol. The van der Waals surface area contributed by atoms with Crippen LogP contribution in [0.1, 0.15) is 48.7 Å². The van der Waals surface area contributed by atoms with Crippen molar-refractivity contribution in [3.8, 4) is 0 Å². The Labute approximate surface area is 177 Å². The van der Waals surface area contributed by atoms with Crippen molar-refractivity contribution < 1.29 is 14.4 Å². The Morgan fingerprint density at radius 1 is 1.10 bits per heavy atom. The summed E-state index contributed by atoms with van der Waals surface area (Å²) in [7, 11) is 0. The standard InChI is InChI=1S/C22H22BrN3O3/c1-13-10-15(14(2)25(13)17-7-3-4-8-17)11-19-20(27)24-22(29)26(21(19)28)18-9-5-6-16(23)12-18/h5-6,9-12,17H,3-4,7-8H2,1-2H3,(H,24,27,29)/b19-11+. The van der Waals surface area contributed by atoms with Crippen molar-refractivity contribution >= 4 is 45.5 Å². The predicted molar refractivity (Wildman–Crippen MR) is 115 cm³/mol. The zero-order valence-electron chi connectivity index (χ0n) is 16.4. The molecule has 2 fully saturated rings. The molecule has 0 spiro atoms. The maximum Gasteiger partial charge on any atom is 0.335 e. The monoisotopic (exact) mass is 455 g/mol. The highest BCUT2D eigenvalue weighted by Gasteiger charge is 2.37. The molecule has 0 radical (unpaired) electrons. The Balaban J connectivity index is 1.73. The minimum absolute atomic E-state index is 0.0451. The van der Waals surface area contributed by atoms with Crippen molar-refractivity contribution in [2.75, 3.05) is 4.90 Å². The number of hydrogen-bond acceptors (Lipinski definition) is 3. The maximum absolute atomic E-state index is 13.1. The summed E-state index contributed by atoms with van der Waals surface area (Å²) in [5.41, 5.74) is 3.34. The fraction of sp³-hybridized carbons (Fsp3) is 0.318. The molecule has 1 aromatic heterocycles. The summed E-state index contributed by atoms with van der Waals surface area (Å²) in [4.78, 5) is 38.9. The molecule has 2 aromatic rings. The molecule has 150 valence electrons. The molecule has 1 saturated carbocycles. The first-order chi connectivity index (χ1) is 13.9. The summed E-state index contributed by atoms with van der Waals surface area (Å²) in [5, 5.41) is 2.28. The van der Waals surface area contributed by atoms with Crippen molar-refractivity contribution in [2.45, 2.75) is 45.6 Å². The van der Waals surface area contributed by atoms with Gasteiger partial charge in [0.05, 0.1) is 5.69 Å². The number of carbonyl (C=O) groups excluding carboxylic acids is 3. The summed E-state index contributed by atoms with van der Waals surface area (Å²) < 4.78 is 3.04. The van der Waals surface area contributed by atoms with Crippen LogP contribution in [0.2, 0.25) is 0 Å². The number of barbiturate groups is 1. The molecule has 1 N–H and O–H groups in total. The van der Waals surface area contributed by atoms with Crippen LogP contribution in [-0.4, -0.2) is 22.4 Å². The van der Waals surface area contributed by atoms with E-state index in [1.807, 2.05) is 19.9 Å². The number of nitrogens with zero attached hydrogens (tertiary/aromatic N) is 2. The minimum Gasteiger partial charge on any atom is -0.346 e. The van der Waals surface area contributed by atoms with Gasteiger partial charge in [-0.05, 0) is 62.6 Å². The molecule has 2 heterocycles. The third kappa shape index (κ3) is 3.55. The van der Waals surface area contributed by atoms with E-state index in [1.54, 1.807) is 30.3 Å². The molecule has 1 aromatic carbocycles. The molecular weight excluding hydrogens is 434 g/mol. The van der Waals surface area contributed by atoms with Gasteiger partial charge in [0, 0.05) is 21.9 Å². The van der Waals surface area contributed by atoms with Crippen LogP contribution in [0.5, 0.6) is 0 Å². The summed E-state index contributed by atoms with van der Waals surface area (Å²) in [5.74, 6) is -1.29. The number of rotatable bonds is 3. The lowest BCUT2D eigenvalue weighted by Gasteiger charge is -2.26. The smallest absolute Gasteiger partial charge is 0.335 e. The van der Waals surface area contributed by atoms with Gasteiger partial charge in [-0.25, -0.2) is 9.69 Å². The molecule has 1 saturated heterocycles. The number of amides is 4. The predicted octanol–water partition coefficient (Wildman–Crippen LogP) is 4.65. The van der Waals surface area contributed by atoms with Crippen LogP contribution in [0.3, 0.4) is 0 Å². The first kappa shape index (κ1) is 19.6. The number of urea groups is 1. The fourth-order valence-electron chi connectivity index (χ4n) is 4.34. The maximum atomic E-state index is 13.1. The van der Waals surface area contributed by atoms with E-state index in [9.17, 15) is 14.4 Å². The lowest BCUT2D eigenvalue weighted by atomic mass is 10.1. The fourth-order valence-corrected chi connectivity index (χ4v) is 4.72. The highest BCUT2D eigenvalue weighted by molar-refractivity contribution is 9.10. The molecule has 0 bridgehead atoms. The third-order valence-corrected chi connectivity index (χ3v) is 6.17. The zero-order chi connectivity index (χ0) is 20.7. The number of aryl methyl sites for hydroxylation is 1. The van der Waals surface area contributed by atoms with Crippen LogP contribution < -0.4 is 10.2 Å². The van der Waals surface area contributed by atoms with E-state index in [0.29, 0.717) is 11.7 Å². The molecule has 4 amide bonds. The quantitative estimate of drug-likeness (QED) is 0.540. The van der Waals surface area contributed by atoms with E-state index < -0.39 is 17.8 Å². The van der Waals surface area contributed by atoms with Gasteiger partial charge < -0.3 is 4.57 Å². The number of hydrogen-bond donors (Lipinski definition) is 1. The molecule has 29 heavy (non-hydrogen) atoms. The molecule has 4 rings (SSSR count). The van der Waals surface area contributed by atoms with Crippen molar-refractivity contribution in [1.29, 1.82) is 0 Å². The lowest BCUT2D eigenvalue weighted by molar-refractivity contribution is -0.122. The Morgan fingerprint density at radius 3 is 2.52 bits per heavy atom. The van der Waals surface area contributed by atoms with E-state index in [2.05, 4.69) is 25.8 Å². The topological polar surface area (TPSA) is 71.4 Å². The van der Waals surface area contributed by atoms with Gasteiger partial charge in [0.15, 0.2) is 0 Å².